The fraction of sp³-hybridized carbons (Fsp3) is 0.579. The first-order chi connectivity index (χ1) is 10.3. The van der Waals surface area contributed by atoms with Crippen molar-refractivity contribution >= 4 is 6.08 Å². The van der Waals surface area contributed by atoms with Gasteiger partial charge in [0.2, 0.25) is 0 Å². The number of aliphatic hydroxyl groups excluding tert-OH is 1. The second kappa shape index (κ2) is 7.24. The quantitative estimate of drug-likeness (QED) is 0.894. The summed E-state index contributed by atoms with van der Waals surface area (Å²) in [5.74, 6) is 1.91. The van der Waals surface area contributed by atoms with Crippen LogP contribution in [-0.2, 0) is 0 Å². The van der Waals surface area contributed by atoms with E-state index in [1.54, 1.807) is 0 Å². The van der Waals surface area contributed by atoms with Gasteiger partial charge in [0.25, 0.3) is 0 Å². The molecule has 1 aliphatic carbocycles. The monoisotopic (exact) mass is 285 g/mol. The van der Waals surface area contributed by atoms with Crippen LogP contribution in [-0.4, -0.2) is 35.7 Å². The van der Waals surface area contributed by atoms with E-state index in [1.807, 2.05) is 30.4 Å². The summed E-state index contributed by atoms with van der Waals surface area (Å²) in [5.41, 5.74) is 1.16. The summed E-state index contributed by atoms with van der Waals surface area (Å²) in [6.07, 6.45) is 10.2. The van der Waals surface area contributed by atoms with E-state index >= 15 is 0 Å². The van der Waals surface area contributed by atoms with Crippen molar-refractivity contribution in [2.75, 3.05) is 19.6 Å². The Morgan fingerprint density at radius 1 is 1.14 bits per heavy atom. The van der Waals surface area contributed by atoms with E-state index in [0.717, 1.165) is 30.4 Å². The van der Waals surface area contributed by atoms with Crippen LogP contribution in [0.1, 0.15) is 37.7 Å². The summed E-state index contributed by atoms with van der Waals surface area (Å²) >= 11 is 0. The van der Waals surface area contributed by atoms with Crippen molar-refractivity contribution in [2.45, 2.75) is 38.2 Å². The molecule has 2 fully saturated rings. The number of fused-ring (bicyclic) bond motifs is 2. The van der Waals surface area contributed by atoms with E-state index in [0.29, 0.717) is 0 Å². The van der Waals surface area contributed by atoms with Crippen molar-refractivity contribution in [3.05, 3.63) is 42.0 Å². The molecular weight excluding hydrogens is 258 g/mol. The van der Waals surface area contributed by atoms with E-state index in [1.165, 1.54) is 38.8 Å². The van der Waals surface area contributed by atoms with E-state index < -0.39 is 0 Å². The SMILES string of the molecule is OC(/C=C/c1ccccc1)CCN1CCC2CCC(C2)C1. The molecule has 1 aromatic carbocycles. The average molecular weight is 285 g/mol. The highest BCUT2D eigenvalue weighted by molar-refractivity contribution is 5.49. The van der Waals surface area contributed by atoms with E-state index in [-0.39, 0.29) is 6.10 Å². The Balaban J connectivity index is 1.43. The zero-order valence-corrected chi connectivity index (χ0v) is 12.8. The molecule has 2 bridgehead atoms. The molecule has 0 amide bonds. The fourth-order valence-corrected chi connectivity index (χ4v) is 3.83. The number of aliphatic hydroxyl groups is 1. The zero-order valence-electron chi connectivity index (χ0n) is 12.8. The summed E-state index contributed by atoms with van der Waals surface area (Å²) in [4.78, 5) is 2.57. The molecule has 21 heavy (non-hydrogen) atoms. The number of benzene rings is 1. The van der Waals surface area contributed by atoms with Crippen molar-refractivity contribution in [1.82, 2.24) is 4.90 Å². The molecule has 1 heterocycles. The van der Waals surface area contributed by atoms with Gasteiger partial charge in [-0.3, -0.25) is 0 Å². The molecule has 2 nitrogen and oxygen atoms in total. The first kappa shape index (κ1) is 14.8. The minimum absolute atomic E-state index is 0.328. The number of likely N-dealkylation sites (tertiary alicyclic amines) is 1. The molecule has 1 saturated carbocycles. The summed E-state index contributed by atoms with van der Waals surface area (Å²) in [7, 11) is 0. The van der Waals surface area contributed by atoms with Crippen LogP contribution in [0, 0.1) is 11.8 Å². The molecule has 0 aromatic heterocycles. The summed E-state index contributed by atoms with van der Waals surface area (Å²) in [6, 6.07) is 10.2. The van der Waals surface area contributed by atoms with Crippen LogP contribution < -0.4 is 0 Å². The van der Waals surface area contributed by atoms with Gasteiger partial charge in [-0.25, -0.2) is 0 Å². The molecule has 3 unspecified atom stereocenters. The van der Waals surface area contributed by atoms with Gasteiger partial charge in [-0.15, -0.1) is 0 Å². The minimum Gasteiger partial charge on any atom is -0.389 e. The molecule has 2 heteroatoms. The van der Waals surface area contributed by atoms with Crippen LogP contribution >= 0.6 is 0 Å². The van der Waals surface area contributed by atoms with Crippen molar-refractivity contribution in [3.8, 4) is 0 Å². The van der Waals surface area contributed by atoms with Crippen molar-refractivity contribution < 1.29 is 5.11 Å². The maximum Gasteiger partial charge on any atom is 0.0736 e. The van der Waals surface area contributed by atoms with Gasteiger partial charge in [0.1, 0.15) is 0 Å². The highest BCUT2D eigenvalue weighted by Gasteiger charge is 2.29. The largest absolute Gasteiger partial charge is 0.389 e. The van der Waals surface area contributed by atoms with Crippen LogP contribution in [0.4, 0.5) is 0 Å². The van der Waals surface area contributed by atoms with Crippen molar-refractivity contribution in [2.24, 2.45) is 11.8 Å². The Hall–Kier alpha value is -1.12. The summed E-state index contributed by atoms with van der Waals surface area (Å²) < 4.78 is 0. The highest BCUT2D eigenvalue weighted by atomic mass is 16.3. The Morgan fingerprint density at radius 3 is 2.81 bits per heavy atom. The first-order valence-corrected chi connectivity index (χ1v) is 8.43. The second-order valence-corrected chi connectivity index (χ2v) is 6.76. The molecule has 3 rings (SSSR count). The van der Waals surface area contributed by atoms with Gasteiger partial charge in [-0.1, -0.05) is 48.9 Å². The standard InChI is InChI=1S/C19H27NO/c21-19(9-8-16-4-2-1-3-5-16)11-13-20-12-10-17-6-7-18(14-17)15-20/h1-5,8-9,17-19,21H,6-7,10-15H2/b9-8+. The lowest BCUT2D eigenvalue weighted by molar-refractivity contribution is 0.168. The fourth-order valence-electron chi connectivity index (χ4n) is 3.83. The van der Waals surface area contributed by atoms with E-state index in [9.17, 15) is 5.11 Å². The molecule has 3 atom stereocenters. The highest BCUT2D eigenvalue weighted by Crippen LogP contribution is 2.36. The number of rotatable bonds is 5. The third kappa shape index (κ3) is 4.42. The average Bonchev–Trinajstić information content (AvgIpc) is 2.85. The minimum atomic E-state index is -0.328. The molecular formula is C19H27NO. The number of nitrogens with zero attached hydrogens (tertiary/aromatic N) is 1. The molecule has 1 aliphatic heterocycles. The maximum absolute atomic E-state index is 10.1. The Labute approximate surface area is 128 Å². The normalized spacial score (nSPS) is 27.9. The number of hydrogen-bond acceptors (Lipinski definition) is 2. The van der Waals surface area contributed by atoms with Crippen LogP contribution in [0.25, 0.3) is 6.08 Å². The third-order valence-corrected chi connectivity index (χ3v) is 5.07. The Bertz CT molecular complexity index is 456. The zero-order chi connectivity index (χ0) is 14.5. The molecule has 0 spiro atoms. The van der Waals surface area contributed by atoms with Crippen molar-refractivity contribution in [1.29, 1.82) is 0 Å². The predicted octanol–water partition coefficient (Wildman–Crippen LogP) is 3.57. The van der Waals surface area contributed by atoms with Crippen molar-refractivity contribution in [3.63, 3.8) is 0 Å². The Morgan fingerprint density at radius 2 is 1.95 bits per heavy atom. The second-order valence-electron chi connectivity index (χ2n) is 6.76. The van der Waals surface area contributed by atoms with E-state index in [2.05, 4.69) is 17.0 Å². The van der Waals surface area contributed by atoms with Gasteiger partial charge in [-0.2, -0.15) is 0 Å². The lowest BCUT2D eigenvalue weighted by atomic mass is 10.0. The summed E-state index contributed by atoms with van der Waals surface area (Å²) in [6.45, 7) is 3.52. The molecule has 1 saturated heterocycles. The van der Waals surface area contributed by atoms with Gasteiger partial charge >= 0.3 is 0 Å². The lowest BCUT2D eigenvalue weighted by Gasteiger charge is -2.25. The molecule has 2 aliphatic rings. The predicted molar refractivity (Wildman–Crippen MR) is 88.0 cm³/mol. The smallest absolute Gasteiger partial charge is 0.0736 e. The van der Waals surface area contributed by atoms with Gasteiger partial charge in [-0.05, 0) is 49.6 Å². The van der Waals surface area contributed by atoms with Gasteiger partial charge < -0.3 is 10.0 Å². The maximum atomic E-state index is 10.1. The molecule has 114 valence electrons. The van der Waals surface area contributed by atoms with Gasteiger partial charge in [0, 0.05) is 13.1 Å². The van der Waals surface area contributed by atoms with Gasteiger partial charge in [0.05, 0.1) is 6.10 Å². The van der Waals surface area contributed by atoms with Crippen LogP contribution in [0.3, 0.4) is 0 Å². The third-order valence-electron chi connectivity index (χ3n) is 5.07. The molecule has 0 radical (unpaired) electrons. The van der Waals surface area contributed by atoms with Gasteiger partial charge in [0.15, 0.2) is 0 Å². The topological polar surface area (TPSA) is 23.5 Å². The van der Waals surface area contributed by atoms with Crippen LogP contribution in [0.5, 0.6) is 0 Å². The number of hydrogen-bond donors (Lipinski definition) is 1. The molecule has 1 aromatic rings. The Kier molecular flexibility index (Phi) is 5.10. The molecule has 1 N–H and O–H groups in total. The van der Waals surface area contributed by atoms with Crippen LogP contribution in [0.15, 0.2) is 36.4 Å². The lowest BCUT2D eigenvalue weighted by Crippen LogP contribution is -2.31. The summed E-state index contributed by atoms with van der Waals surface area (Å²) in [5, 5.41) is 10.1. The first-order valence-electron chi connectivity index (χ1n) is 8.43. The van der Waals surface area contributed by atoms with Crippen LogP contribution in [0.2, 0.25) is 0 Å². The van der Waals surface area contributed by atoms with E-state index in [4.69, 9.17) is 0 Å².